The Bertz CT molecular complexity index is 594. The van der Waals surface area contributed by atoms with Crippen LogP contribution in [0.25, 0.3) is 0 Å². The van der Waals surface area contributed by atoms with E-state index in [0.717, 1.165) is 18.8 Å². The molecule has 112 valence electrons. The third-order valence-electron chi connectivity index (χ3n) is 3.41. The van der Waals surface area contributed by atoms with Gasteiger partial charge in [-0.1, -0.05) is 35.9 Å². The third kappa shape index (κ3) is 4.23. The Balaban J connectivity index is 2.15. The predicted octanol–water partition coefficient (Wildman–Crippen LogP) is 3.68. The van der Waals surface area contributed by atoms with Crippen molar-refractivity contribution in [1.82, 2.24) is 4.90 Å². The number of aryl methyl sites for hydroxylation is 1. The second-order valence-electron chi connectivity index (χ2n) is 5.56. The molecule has 0 aliphatic rings. The monoisotopic (exact) mass is 284 g/mol. The Morgan fingerprint density at radius 2 is 1.81 bits per heavy atom. The van der Waals surface area contributed by atoms with Crippen LogP contribution >= 0.6 is 0 Å². The van der Waals surface area contributed by atoms with E-state index in [0.29, 0.717) is 0 Å². The number of hydrogen-bond acceptors (Lipinski definition) is 3. The Kier molecular flexibility index (Phi) is 5.23. The molecule has 0 radical (unpaired) electrons. The van der Waals surface area contributed by atoms with Crippen molar-refractivity contribution in [1.29, 1.82) is 0 Å². The van der Waals surface area contributed by atoms with E-state index in [9.17, 15) is 0 Å². The molecule has 0 aliphatic carbocycles. The molecule has 0 amide bonds. The van der Waals surface area contributed by atoms with Crippen LogP contribution in [0.1, 0.15) is 16.7 Å². The number of benzene rings is 2. The highest BCUT2D eigenvalue weighted by Crippen LogP contribution is 2.22. The summed E-state index contributed by atoms with van der Waals surface area (Å²) in [5.41, 5.74) is 4.90. The van der Waals surface area contributed by atoms with E-state index in [-0.39, 0.29) is 0 Å². The van der Waals surface area contributed by atoms with Gasteiger partial charge in [-0.25, -0.2) is 0 Å². The van der Waals surface area contributed by atoms with Crippen LogP contribution in [-0.2, 0) is 13.1 Å². The standard InChI is InChI=1S/C18H24N2O/c1-14-9-10-18(21-4)16(11-14)12-19-17-8-6-5-7-15(17)13-20(2)3/h5-11,19H,12-13H2,1-4H3. The van der Waals surface area contributed by atoms with Gasteiger partial charge in [0.2, 0.25) is 0 Å². The largest absolute Gasteiger partial charge is 0.496 e. The van der Waals surface area contributed by atoms with Crippen LogP contribution in [0.4, 0.5) is 5.69 Å². The number of rotatable bonds is 6. The van der Waals surface area contributed by atoms with Gasteiger partial charge in [-0.15, -0.1) is 0 Å². The minimum atomic E-state index is 0.759. The fraction of sp³-hybridized carbons (Fsp3) is 0.333. The lowest BCUT2D eigenvalue weighted by atomic mass is 10.1. The van der Waals surface area contributed by atoms with Crippen molar-refractivity contribution >= 4 is 5.69 Å². The summed E-state index contributed by atoms with van der Waals surface area (Å²) in [5, 5.41) is 3.53. The maximum absolute atomic E-state index is 5.44. The molecule has 3 nitrogen and oxygen atoms in total. The highest BCUT2D eigenvalue weighted by atomic mass is 16.5. The first-order valence-corrected chi connectivity index (χ1v) is 7.20. The van der Waals surface area contributed by atoms with Crippen LogP contribution < -0.4 is 10.1 Å². The molecule has 0 unspecified atom stereocenters. The number of ether oxygens (including phenoxy) is 1. The zero-order valence-corrected chi connectivity index (χ0v) is 13.3. The van der Waals surface area contributed by atoms with Crippen molar-refractivity contribution in [2.45, 2.75) is 20.0 Å². The lowest BCUT2D eigenvalue weighted by Crippen LogP contribution is -2.13. The van der Waals surface area contributed by atoms with Crippen molar-refractivity contribution in [2.24, 2.45) is 0 Å². The number of para-hydroxylation sites is 1. The summed E-state index contributed by atoms with van der Waals surface area (Å²) in [6, 6.07) is 14.7. The summed E-state index contributed by atoms with van der Waals surface area (Å²) >= 11 is 0. The first kappa shape index (κ1) is 15.4. The smallest absolute Gasteiger partial charge is 0.123 e. The van der Waals surface area contributed by atoms with Gasteiger partial charge < -0.3 is 15.0 Å². The molecule has 2 aromatic rings. The van der Waals surface area contributed by atoms with Crippen molar-refractivity contribution in [3.8, 4) is 5.75 Å². The van der Waals surface area contributed by atoms with E-state index < -0.39 is 0 Å². The number of methoxy groups -OCH3 is 1. The average molecular weight is 284 g/mol. The zero-order chi connectivity index (χ0) is 15.2. The molecule has 0 saturated carbocycles. The van der Waals surface area contributed by atoms with Crippen molar-refractivity contribution in [3.63, 3.8) is 0 Å². The summed E-state index contributed by atoms with van der Waals surface area (Å²) in [6.07, 6.45) is 0. The van der Waals surface area contributed by atoms with Crippen LogP contribution in [0.5, 0.6) is 5.75 Å². The maximum atomic E-state index is 5.44. The Morgan fingerprint density at radius 3 is 2.52 bits per heavy atom. The maximum Gasteiger partial charge on any atom is 0.123 e. The van der Waals surface area contributed by atoms with Gasteiger partial charge in [0.15, 0.2) is 0 Å². The number of nitrogens with zero attached hydrogens (tertiary/aromatic N) is 1. The highest BCUT2D eigenvalue weighted by molar-refractivity contribution is 5.52. The van der Waals surface area contributed by atoms with Crippen molar-refractivity contribution < 1.29 is 4.74 Å². The van der Waals surface area contributed by atoms with E-state index in [1.54, 1.807) is 7.11 Å². The highest BCUT2D eigenvalue weighted by Gasteiger charge is 2.06. The molecule has 0 saturated heterocycles. The molecule has 0 bridgehead atoms. The first-order valence-electron chi connectivity index (χ1n) is 7.20. The van der Waals surface area contributed by atoms with Gasteiger partial charge in [0, 0.05) is 24.3 Å². The van der Waals surface area contributed by atoms with Gasteiger partial charge in [0.05, 0.1) is 7.11 Å². The van der Waals surface area contributed by atoms with E-state index >= 15 is 0 Å². The van der Waals surface area contributed by atoms with Crippen molar-refractivity contribution in [2.75, 3.05) is 26.5 Å². The van der Waals surface area contributed by atoms with E-state index in [2.05, 4.69) is 67.6 Å². The molecule has 0 fully saturated rings. The van der Waals surface area contributed by atoms with Gasteiger partial charge in [-0.3, -0.25) is 0 Å². The van der Waals surface area contributed by atoms with Gasteiger partial charge >= 0.3 is 0 Å². The van der Waals surface area contributed by atoms with E-state index in [4.69, 9.17) is 4.74 Å². The number of anilines is 1. The number of nitrogens with one attached hydrogen (secondary N) is 1. The lowest BCUT2D eigenvalue weighted by Gasteiger charge is -2.16. The zero-order valence-electron chi connectivity index (χ0n) is 13.3. The van der Waals surface area contributed by atoms with Crippen LogP contribution in [-0.4, -0.2) is 26.1 Å². The normalized spacial score (nSPS) is 10.7. The average Bonchev–Trinajstić information content (AvgIpc) is 2.46. The molecule has 1 N–H and O–H groups in total. The second kappa shape index (κ2) is 7.14. The lowest BCUT2D eigenvalue weighted by molar-refractivity contribution is 0.403. The Hall–Kier alpha value is -2.00. The molecule has 0 atom stereocenters. The summed E-state index contributed by atoms with van der Waals surface area (Å²) in [4.78, 5) is 2.17. The van der Waals surface area contributed by atoms with E-state index in [1.165, 1.54) is 22.4 Å². The van der Waals surface area contributed by atoms with Gasteiger partial charge in [0.25, 0.3) is 0 Å². The molecule has 2 aromatic carbocycles. The fourth-order valence-electron chi connectivity index (χ4n) is 2.41. The molecule has 0 aliphatic heterocycles. The van der Waals surface area contributed by atoms with Crippen LogP contribution in [0.3, 0.4) is 0 Å². The van der Waals surface area contributed by atoms with Crippen LogP contribution in [0.2, 0.25) is 0 Å². The molecule has 0 aromatic heterocycles. The SMILES string of the molecule is COc1ccc(C)cc1CNc1ccccc1CN(C)C. The molecule has 3 heteroatoms. The van der Waals surface area contributed by atoms with Gasteiger partial charge in [-0.05, 0) is 38.7 Å². The minimum Gasteiger partial charge on any atom is -0.496 e. The molecule has 0 heterocycles. The molecule has 2 rings (SSSR count). The third-order valence-corrected chi connectivity index (χ3v) is 3.41. The topological polar surface area (TPSA) is 24.5 Å². The number of hydrogen-bond donors (Lipinski definition) is 1. The molecular formula is C18H24N2O. The first-order chi connectivity index (χ1) is 10.1. The summed E-state index contributed by atoms with van der Waals surface area (Å²) in [6.45, 7) is 3.78. The summed E-state index contributed by atoms with van der Waals surface area (Å²) in [7, 11) is 5.88. The van der Waals surface area contributed by atoms with Crippen molar-refractivity contribution in [3.05, 3.63) is 59.2 Å². The quantitative estimate of drug-likeness (QED) is 0.876. The Labute approximate surface area is 127 Å². The van der Waals surface area contributed by atoms with Gasteiger partial charge in [0.1, 0.15) is 5.75 Å². The van der Waals surface area contributed by atoms with Crippen LogP contribution in [0, 0.1) is 6.92 Å². The molecule has 0 spiro atoms. The summed E-state index contributed by atoms with van der Waals surface area (Å²) in [5.74, 6) is 0.929. The van der Waals surface area contributed by atoms with Crippen LogP contribution in [0.15, 0.2) is 42.5 Å². The minimum absolute atomic E-state index is 0.759. The Morgan fingerprint density at radius 1 is 1.05 bits per heavy atom. The molecule has 21 heavy (non-hydrogen) atoms. The second-order valence-corrected chi connectivity index (χ2v) is 5.56. The molecular weight excluding hydrogens is 260 g/mol. The summed E-state index contributed by atoms with van der Waals surface area (Å²) < 4.78 is 5.44. The van der Waals surface area contributed by atoms with Gasteiger partial charge in [-0.2, -0.15) is 0 Å². The van der Waals surface area contributed by atoms with E-state index in [1.807, 2.05) is 6.07 Å². The fourth-order valence-corrected chi connectivity index (χ4v) is 2.41. The predicted molar refractivity (Wildman–Crippen MR) is 88.9 cm³/mol.